The summed E-state index contributed by atoms with van der Waals surface area (Å²) in [7, 11) is -4.09. The van der Waals surface area contributed by atoms with E-state index in [2.05, 4.69) is 5.32 Å². The molecule has 0 atom stereocenters. The van der Waals surface area contributed by atoms with E-state index in [-0.39, 0.29) is 16.5 Å². The highest BCUT2D eigenvalue weighted by atomic mass is 35.5. The number of carbonyl (C=O) groups is 2. The van der Waals surface area contributed by atoms with Gasteiger partial charge in [-0.3, -0.25) is 13.9 Å². The third kappa shape index (κ3) is 5.35. The second-order valence-corrected chi connectivity index (χ2v) is 10.4. The normalized spacial score (nSPS) is 13.7. The van der Waals surface area contributed by atoms with Gasteiger partial charge in [0.05, 0.1) is 10.6 Å². The summed E-state index contributed by atoms with van der Waals surface area (Å²) in [5, 5.41) is 3.44. The van der Waals surface area contributed by atoms with Crippen LogP contribution in [0.1, 0.15) is 12.8 Å². The van der Waals surface area contributed by atoms with Crippen molar-refractivity contribution in [3.63, 3.8) is 0 Å². The zero-order valence-corrected chi connectivity index (χ0v) is 20.3. The van der Waals surface area contributed by atoms with Crippen LogP contribution >= 0.6 is 23.2 Å². The lowest BCUT2D eigenvalue weighted by atomic mass is 10.2. The summed E-state index contributed by atoms with van der Waals surface area (Å²) in [5.74, 6) is -0.469. The van der Waals surface area contributed by atoms with Crippen molar-refractivity contribution < 1.29 is 18.0 Å². The molecule has 0 saturated carbocycles. The molecular weight excluding hydrogens is 497 g/mol. The first-order valence-electron chi connectivity index (χ1n) is 10.5. The minimum atomic E-state index is -4.09. The standard InChI is InChI=1S/C24H21Cl2N3O4S/c25-17-6-12-22(13-7-17)34(32,33)29(21-4-1-3-18(26)15-21)16-23(30)27-19-8-10-20(11-9-19)28-14-2-5-24(28)31/h1,3-4,6-13,15H,2,5,14,16H2,(H,27,30). The van der Waals surface area contributed by atoms with E-state index in [0.717, 1.165) is 16.4 Å². The Labute approximate surface area is 207 Å². The van der Waals surface area contributed by atoms with Crippen molar-refractivity contribution in [2.75, 3.05) is 27.6 Å². The number of sulfonamides is 1. The van der Waals surface area contributed by atoms with Gasteiger partial charge >= 0.3 is 0 Å². The second-order valence-electron chi connectivity index (χ2n) is 7.69. The molecule has 0 bridgehead atoms. The number of halogens is 2. The first kappa shape index (κ1) is 24.1. The van der Waals surface area contributed by atoms with Crippen LogP contribution in [-0.2, 0) is 19.6 Å². The topological polar surface area (TPSA) is 86.8 Å². The molecule has 34 heavy (non-hydrogen) atoms. The van der Waals surface area contributed by atoms with Crippen LogP contribution in [0.2, 0.25) is 10.0 Å². The van der Waals surface area contributed by atoms with Crippen LogP contribution in [0.5, 0.6) is 0 Å². The fourth-order valence-corrected chi connectivity index (χ4v) is 5.38. The van der Waals surface area contributed by atoms with Crippen LogP contribution in [0.3, 0.4) is 0 Å². The number of nitrogens with zero attached hydrogens (tertiary/aromatic N) is 2. The van der Waals surface area contributed by atoms with Gasteiger partial charge in [-0.15, -0.1) is 0 Å². The van der Waals surface area contributed by atoms with Crippen molar-refractivity contribution in [2.45, 2.75) is 17.7 Å². The highest BCUT2D eigenvalue weighted by Gasteiger charge is 2.28. The monoisotopic (exact) mass is 517 g/mol. The summed E-state index contributed by atoms with van der Waals surface area (Å²) >= 11 is 12.0. The first-order chi connectivity index (χ1) is 16.2. The number of benzene rings is 3. The van der Waals surface area contributed by atoms with E-state index < -0.39 is 22.5 Å². The maximum Gasteiger partial charge on any atom is 0.264 e. The molecule has 3 aromatic carbocycles. The molecule has 176 valence electrons. The largest absolute Gasteiger partial charge is 0.325 e. The molecule has 2 amide bonds. The van der Waals surface area contributed by atoms with E-state index >= 15 is 0 Å². The van der Waals surface area contributed by atoms with Gasteiger partial charge in [0, 0.05) is 34.4 Å². The molecule has 1 fully saturated rings. The summed E-state index contributed by atoms with van der Waals surface area (Å²) in [5.41, 5.74) is 1.49. The Balaban J connectivity index is 1.56. The summed E-state index contributed by atoms with van der Waals surface area (Å²) in [6.07, 6.45) is 1.35. The lowest BCUT2D eigenvalue weighted by Crippen LogP contribution is -2.38. The molecule has 0 spiro atoms. The Hall–Kier alpha value is -3.07. The molecule has 0 aliphatic carbocycles. The molecule has 1 heterocycles. The fraction of sp³-hybridized carbons (Fsp3) is 0.167. The average Bonchev–Trinajstić information content (AvgIpc) is 3.24. The number of hydrogen-bond donors (Lipinski definition) is 1. The Kier molecular flexibility index (Phi) is 7.11. The van der Waals surface area contributed by atoms with Crippen LogP contribution in [-0.4, -0.2) is 33.3 Å². The summed E-state index contributed by atoms with van der Waals surface area (Å²) in [6.45, 7) is 0.194. The number of amides is 2. The molecule has 1 aliphatic rings. The maximum atomic E-state index is 13.4. The highest BCUT2D eigenvalue weighted by molar-refractivity contribution is 7.92. The van der Waals surface area contributed by atoms with E-state index in [4.69, 9.17) is 23.2 Å². The van der Waals surface area contributed by atoms with Crippen molar-refractivity contribution in [1.29, 1.82) is 0 Å². The van der Waals surface area contributed by atoms with E-state index in [1.54, 1.807) is 47.4 Å². The van der Waals surface area contributed by atoms with Crippen molar-refractivity contribution >= 4 is 62.1 Å². The Bertz CT molecular complexity index is 1310. The van der Waals surface area contributed by atoms with E-state index in [0.29, 0.717) is 28.7 Å². The molecule has 3 aromatic rings. The molecule has 10 heteroatoms. The number of carbonyl (C=O) groups excluding carboxylic acids is 2. The molecule has 7 nitrogen and oxygen atoms in total. The van der Waals surface area contributed by atoms with Gasteiger partial charge in [-0.2, -0.15) is 0 Å². The van der Waals surface area contributed by atoms with Gasteiger partial charge in [-0.1, -0.05) is 29.3 Å². The molecule has 1 N–H and O–H groups in total. The molecule has 0 unspecified atom stereocenters. The van der Waals surface area contributed by atoms with Crippen LogP contribution in [0.25, 0.3) is 0 Å². The predicted octanol–water partition coefficient (Wildman–Crippen LogP) is 4.95. The molecule has 1 saturated heterocycles. The van der Waals surface area contributed by atoms with Crippen molar-refractivity contribution in [3.05, 3.63) is 82.8 Å². The molecular formula is C24H21Cl2N3O4S. The first-order valence-corrected chi connectivity index (χ1v) is 12.7. The second kappa shape index (κ2) is 10.0. The Morgan fingerprint density at radius 1 is 0.971 bits per heavy atom. The third-order valence-electron chi connectivity index (χ3n) is 5.32. The minimum Gasteiger partial charge on any atom is -0.325 e. The molecule has 0 aromatic heterocycles. The van der Waals surface area contributed by atoms with E-state index in [1.807, 2.05) is 0 Å². The van der Waals surface area contributed by atoms with Gasteiger partial charge in [0.2, 0.25) is 11.8 Å². The van der Waals surface area contributed by atoms with Crippen LogP contribution in [0, 0.1) is 0 Å². The van der Waals surface area contributed by atoms with Crippen LogP contribution in [0.4, 0.5) is 17.1 Å². The van der Waals surface area contributed by atoms with Crippen molar-refractivity contribution in [1.82, 2.24) is 0 Å². The Morgan fingerprint density at radius 3 is 2.29 bits per heavy atom. The SMILES string of the molecule is O=C(CN(c1cccc(Cl)c1)S(=O)(=O)c1ccc(Cl)cc1)Nc1ccc(N2CCCC2=O)cc1. The van der Waals surface area contributed by atoms with Gasteiger partial charge < -0.3 is 10.2 Å². The maximum absolute atomic E-state index is 13.4. The summed E-state index contributed by atoms with van der Waals surface area (Å²) in [6, 6.07) is 18.8. The third-order valence-corrected chi connectivity index (χ3v) is 7.60. The number of rotatable bonds is 7. The fourth-order valence-electron chi connectivity index (χ4n) is 3.66. The highest BCUT2D eigenvalue weighted by Crippen LogP contribution is 2.27. The van der Waals surface area contributed by atoms with E-state index in [1.165, 1.54) is 30.3 Å². The average molecular weight is 518 g/mol. The van der Waals surface area contributed by atoms with Crippen LogP contribution < -0.4 is 14.5 Å². The lowest BCUT2D eigenvalue weighted by molar-refractivity contribution is -0.117. The van der Waals surface area contributed by atoms with Gasteiger partial charge in [0.15, 0.2) is 0 Å². The zero-order chi connectivity index (χ0) is 24.3. The van der Waals surface area contributed by atoms with Crippen molar-refractivity contribution in [3.8, 4) is 0 Å². The number of hydrogen-bond acceptors (Lipinski definition) is 4. The lowest BCUT2D eigenvalue weighted by Gasteiger charge is -2.24. The number of nitrogens with one attached hydrogen (secondary N) is 1. The van der Waals surface area contributed by atoms with Gasteiger partial charge in [-0.05, 0) is 73.2 Å². The Morgan fingerprint density at radius 2 is 1.68 bits per heavy atom. The van der Waals surface area contributed by atoms with Gasteiger partial charge in [-0.25, -0.2) is 8.42 Å². The molecule has 0 radical (unpaired) electrons. The van der Waals surface area contributed by atoms with Crippen LogP contribution in [0.15, 0.2) is 77.7 Å². The summed E-state index contributed by atoms with van der Waals surface area (Å²) < 4.78 is 27.8. The van der Waals surface area contributed by atoms with E-state index in [9.17, 15) is 18.0 Å². The predicted molar refractivity (Wildman–Crippen MR) is 134 cm³/mol. The van der Waals surface area contributed by atoms with Crippen molar-refractivity contribution in [2.24, 2.45) is 0 Å². The molecule has 1 aliphatic heterocycles. The van der Waals surface area contributed by atoms with Gasteiger partial charge in [0.1, 0.15) is 6.54 Å². The summed E-state index contributed by atoms with van der Waals surface area (Å²) in [4.78, 5) is 26.5. The zero-order valence-electron chi connectivity index (χ0n) is 17.9. The minimum absolute atomic E-state index is 0.00990. The number of anilines is 3. The molecule has 4 rings (SSSR count). The van der Waals surface area contributed by atoms with Gasteiger partial charge in [0.25, 0.3) is 10.0 Å². The quantitative estimate of drug-likeness (QED) is 0.480. The smallest absolute Gasteiger partial charge is 0.264 e.